The summed E-state index contributed by atoms with van der Waals surface area (Å²) in [6.45, 7) is 4.94. The van der Waals surface area contributed by atoms with Crippen LogP contribution in [0, 0.1) is 5.92 Å². The van der Waals surface area contributed by atoms with E-state index >= 15 is 0 Å². The van der Waals surface area contributed by atoms with Crippen molar-refractivity contribution in [2.24, 2.45) is 11.7 Å². The Morgan fingerprint density at radius 2 is 1.95 bits per heavy atom. The zero-order valence-electron chi connectivity index (χ0n) is 12.1. The van der Waals surface area contributed by atoms with Crippen LogP contribution in [0.3, 0.4) is 0 Å². The average Bonchev–Trinajstić information content (AvgIpc) is 2.47. The molecule has 1 atom stereocenters. The molecule has 4 heteroatoms. The molecule has 0 aromatic heterocycles. The van der Waals surface area contributed by atoms with Crippen LogP contribution < -0.4 is 15.2 Å². The molecule has 0 aliphatic heterocycles. The number of ether oxygens (including phenoxy) is 2. The zero-order chi connectivity index (χ0) is 14.3. The molecule has 0 radical (unpaired) electrons. The number of rotatable bonds is 8. The van der Waals surface area contributed by atoms with Crippen LogP contribution in [0.15, 0.2) is 18.2 Å². The van der Waals surface area contributed by atoms with E-state index in [-0.39, 0.29) is 6.61 Å². The fraction of sp³-hybridized carbons (Fsp3) is 0.600. The fourth-order valence-electron chi connectivity index (χ4n) is 1.92. The van der Waals surface area contributed by atoms with Gasteiger partial charge in [0.15, 0.2) is 0 Å². The molecule has 1 aromatic rings. The third kappa shape index (κ3) is 4.40. The third-order valence-electron chi connectivity index (χ3n) is 3.44. The Balaban J connectivity index is 2.76. The van der Waals surface area contributed by atoms with Gasteiger partial charge in [0.05, 0.1) is 26.4 Å². The van der Waals surface area contributed by atoms with Crippen LogP contribution in [0.2, 0.25) is 0 Å². The first-order chi connectivity index (χ1) is 9.15. The summed E-state index contributed by atoms with van der Waals surface area (Å²) in [6.07, 6.45) is 2.22. The van der Waals surface area contributed by atoms with Crippen molar-refractivity contribution in [3.05, 3.63) is 23.8 Å². The summed E-state index contributed by atoms with van der Waals surface area (Å²) in [7, 11) is 1.59. The van der Waals surface area contributed by atoms with Crippen molar-refractivity contribution in [3.63, 3.8) is 0 Å². The molecular weight excluding hydrogens is 242 g/mol. The molecule has 1 rings (SSSR count). The minimum absolute atomic E-state index is 0.107. The van der Waals surface area contributed by atoms with Gasteiger partial charge in [-0.2, -0.15) is 0 Å². The number of hydrogen-bond donors (Lipinski definition) is 2. The van der Waals surface area contributed by atoms with E-state index in [4.69, 9.17) is 20.3 Å². The van der Waals surface area contributed by atoms with Gasteiger partial charge in [-0.1, -0.05) is 26.7 Å². The molecule has 0 amide bonds. The first kappa shape index (κ1) is 15.8. The van der Waals surface area contributed by atoms with Crippen LogP contribution in [0.1, 0.15) is 38.3 Å². The van der Waals surface area contributed by atoms with E-state index in [9.17, 15) is 0 Å². The molecule has 0 unspecified atom stereocenters. The number of hydrogen-bond acceptors (Lipinski definition) is 4. The van der Waals surface area contributed by atoms with Gasteiger partial charge in [0.2, 0.25) is 0 Å². The molecule has 0 saturated carbocycles. The van der Waals surface area contributed by atoms with Gasteiger partial charge in [0, 0.05) is 11.6 Å². The van der Waals surface area contributed by atoms with Crippen LogP contribution in [0.5, 0.6) is 11.5 Å². The van der Waals surface area contributed by atoms with Gasteiger partial charge < -0.3 is 20.3 Å². The van der Waals surface area contributed by atoms with Gasteiger partial charge in [-0.25, -0.2) is 0 Å². The minimum atomic E-state index is -0.428. The fourth-order valence-corrected chi connectivity index (χ4v) is 1.92. The maximum Gasteiger partial charge on any atom is 0.127 e. The smallest absolute Gasteiger partial charge is 0.127 e. The second-order valence-corrected chi connectivity index (χ2v) is 4.69. The highest BCUT2D eigenvalue weighted by atomic mass is 16.5. The Morgan fingerprint density at radius 3 is 2.47 bits per heavy atom. The highest BCUT2D eigenvalue weighted by Gasteiger charge is 2.12. The third-order valence-corrected chi connectivity index (χ3v) is 3.44. The van der Waals surface area contributed by atoms with Gasteiger partial charge >= 0.3 is 0 Å². The Morgan fingerprint density at radius 1 is 1.26 bits per heavy atom. The second-order valence-electron chi connectivity index (χ2n) is 4.69. The molecule has 0 heterocycles. The van der Waals surface area contributed by atoms with E-state index in [1.54, 1.807) is 7.11 Å². The van der Waals surface area contributed by atoms with E-state index in [0.717, 1.165) is 24.2 Å². The summed E-state index contributed by atoms with van der Waals surface area (Å²) < 4.78 is 11.1. The largest absolute Gasteiger partial charge is 0.496 e. The highest BCUT2D eigenvalue weighted by Crippen LogP contribution is 2.28. The van der Waals surface area contributed by atoms with Crippen LogP contribution in [-0.4, -0.2) is 25.4 Å². The number of aliphatic hydroxyl groups is 1. The Labute approximate surface area is 115 Å². The molecule has 0 bridgehead atoms. The number of methoxy groups -OCH3 is 1. The standard InChI is InChI=1S/C15H25NO3/c1-4-11(5-2)10-19-12-6-7-13(14(16)9-17)15(8-12)18-3/h6-8,11,14,17H,4-5,9-10,16H2,1-3H3/t14-/m0/s1. The van der Waals surface area contributed by atoms with Crippen LogP contribution >= 0.6 is 0 Å². The van der Waals surface area contributed by atoms with Crippen molar-refractivity contribution in [1.29, 1.82) is 0 Å². The van der Waals surface area contributed by atoms with E-state index in [1.807, 2.05) is 18.2 Å². The van der Waals surface area contributed by atoms with E-state index in [1.165, 1.54) is 0 Å². The van der Waals surface area contributed by atoms with Crippen molar-refractivity contribution in [1.82, 2.24) is 0 Å². The Hall–Kier alpha value is -1.26. The van der Waals surface area contributed by atoms with Crippen LogP contribution in [0.25, 0.3) is 0 Å². The normalized spacial score (nSPS) is 12.5. The molecule has 0 spiro atoms. The van der Waals surface area contributed by atoms with Crippen molar-refractivity contribution < 1.29 is 14.6 Å². The minimum Gasteiger partial charge on any atom is -0.496 e. The van der Waals surface area contributed by atoms with Crippen LogP contribution in [0.4, 0.5) is 0 Å². The molecule has 0 aliphatic carbocycles. The topological polar surface area (TPSA) is 64.7 Å². The molecule has 0 saturated heterocycles. The van der Waals surface area contributed by atoms with Crippen molar-refractivity contribution in [2.45, 2.75) is 32.7 Å². The maximum atomic E-state index is 9.11. The second kappa shape index (κ2) is 8.02. The molecule has 4 nitrogen and oxygen atoms in total. The van der Waals surface area contributed by atoms with Crippen molar-refractivity contribution in [3.8, 4) is 11.5 Å². The van der Waals surface area contributed by atoms with E-state index < -0.39 is 6.04 Å². The molecule has 108 valence electrons. The van der Waals surface area contributed by atoms with E-state index in [2.05, 4.69) is 13.8 Å². The molecule has 0 fully saturated rings. The predicted octanol–water partition coefficient (Wildman–Crippen LogP) is 2.50. The van der Waals surface area contributed by atoms with Gasteiger partial charge in [0.1, 0.15) is 11.5 Å². The average molecular weight is 267 g/mol. The number of nitrogens with two attached hydrogens (primary N) is 1. The summed E-state index contributed by atoms with van der Waals surface area (Å²) in [5, 5.41) is 9.11. The van der Waals surface area contributed by atoms with Gasteiger partial charge in [-0.3, -0.25) is 0 Å². The molecule has 1 aromatic carbocycles. The lowest BCUT2D eigenvalue weighted by Crippen LogP contribution is -2.15. The summed E-state index contributed by atoms with van der Waals surface area (Å²) in [4.78, 5) is 0. The quantitative estimate of drug-likeness (QED) is 0.759. The Kier molecular flexibility index (Phi) is 6.67. The molecule has 0 aliphatic rings. The molecular formula is C15H25NO3. The zero-order valence-corrected chi connectivity index (χ0v) is 12.1. The monoisotopic (exact) mass is 267 g/mol. The van der Waals surface area contributed by atoms with Crippen molar-refractivity contribution in [2.75, 3.05) is 20.3 Å². The van der Waals surface area contributed by atoms with Gasteiger partial charge in [-0.05, 0) is 18.1 Å². The lowest BCUT2D eigenvalue weighted by Gasteiger charge is -2.17. The number of benzene rings is 1. The van der Waals surface area contributed by atoms with Gasteiger partial charge in [0.25, 0.3) is 0 Å². The summed E-state index contributed by atoms with van der Waals surface area (Å²) in [5.41, 5.74) is 6.61. The maximum absolute atomic E-state index is 9.11. The van der Waals surface area contributed by atoms with Gasteiger partial charge in [-0.15, -0.1) is 0 Å². The predicted molar refractivity (Wildman–Crippen MR) is 76.6 cm³/mol. The first-order valence-electron chi connectivity index (χ1n) is 6.83. The Bertz CT molecular complexity index is 378. The summed E-state index contributed by atoms with van der Waals surface area (Å²) >= 11 is 0. The highest BCUT2D eigenvalue weighted by molar-refractivity contribution is 5.42. The lowest BCUT2D eigenvalue weighted by atomic mass is 10.1. The SMILES string of the molecule is CCC(CC)COc1ccc([C@@H](N)CO)c(OC)c1. The summed E-state index contributed by atoms with van der Waals surface area (Å²) in [5.74, 6) is 2.01. The molecule has 19 heavy (non-hydrogen) atoms. The number of aliphatic hydroxyl groups excluding tert-OH is 1. The van der Waals surface area contributed by atoms with Crippen molar-refractivity contribution >= 4 is 0 Å². The molecule has 3 N–H and O–H groups in total. The first-order valence-corrected chi connectivity index (χ1v) is 6.83. The summed E-state index contributed by atoms with van der Waals surface area (Å²) in [6, 6.07) is 5.12. The lowest BCUT2D eigenvalue weighted by molar-refractivity contribution is 0.238. The van der Waals surface area contributed by atoms with Crippen LogP contribution in [-0.2, 0) is 0 Å². The van der Waals surface area contributed by atoms with E-state index in [0.29, 0.717) is 18.3 Å².